The van der Waals surface area contributed by atoms with Crippen molar-refractivity contribution in [2.24, 2.45) is 5.92 Å². The molecule has 0 bridgehead atoms. The molecule has 1 aromatic rings. The Morgan fingerprint density at radius 1 is 1.56 bits per heavy atom. The van der Waals surface area contributed by atoms with Gasteiger partial charge in [0.25, 0.3) is 0 Å². The predicted molar refractivity (Wildman–Crippen MR) is 69.5 cm³/mol. The van der Waals surface area contributed by atoms with Gasteiger partial charge in [-0.1, -0.05) is 6.92 Å². The molecule has 18 heavy (non-hydrogen) atoms. The van der Waals surface area contributed by atoms with Gasteiger partial charge in [0, 0.05) is 19.1 Å². The minimum atomic E-state index is -3.05. The Kier molecular flexibility index (Phi) is 4.09. The van der Waals surface area contributed by atoms with E-state index in [2.05, 4.69) is 12.2 Å². The van der Waals surface area contributed by atoms with Crippen LogP contribution >= 0.6 is 0 Å². The van der Waals surface area contributed by atoms with Crippen LogP contribution in [0.1, 0.15) is 19.1 Å². The first-order chi connectivity index (χ1) is 8.47. The second kappa shape index (κ2) is 5.42. The van der Waals surface area contributed by atoms with E-state index in [0.717, 1.165) is 12.2 Å². The summed E-state index contributed by atoms with van der Waals surface area (Å²) in [5.74, 6) is 1.22. The van der Waals surface area contributed by atoms with Crippen molar-refractivity contribution >= 4 is 10.0 Å². The number of sulfonamides is 1. The first kappa shape index (κ1) is 13.6. The van der Waals surface area contributed by atoms with E-state index < -0.39 is 10.0 Å². The van der Waals surface area contributed by atoms with Crippen LogP contribution in [0.15, 0.2) is 22.8 Å². The van der Waals surface area contributed by atoms with E-state index in [0.29, 0.717) is 31.6 Å². The van der Waals surface area contributed by atoms with Crippen LogP contribution in [0.2, 0.25) is 0 Å². The lowest BCUT2D eigenvalue weighted by Gasteiger charge is -2.35. The second-order valence-electron chi connectivity index (χ2n) is 4.95. The smallest absolute Gasteiger partial charge is 0.211 e. The van der Waals surface area contributed by atoms with Crippen LogP contribution in [0.3, 0.4) is 0 Å². The van der Waals surface area contributed by atoms with E-state index in [4.69, 9.17) is 4.42 Å². The highest BCUT2D eigenvalue weighted by atomic mass is 32.2. The van der Waals surface area contributed by atoms with Gasteiger partial charge in [-0.2, -0.15) is 0 Å². The van der Waals surface area contributed by atoms with Crippen LogP contribution in [-0.4, -0.2) is 38.1 Å². The topological polar surface area (TPSA) is 62.6 Å². The van der Waals surface area contributed by atoms with Gasteiger partial charge in [-0.15, -0.1) is 0 Å². The van der Waals surface area contributed by atoms with Crippen molar-refractivity contribution in [3.63, 3.8) is 0 Å². The molecule has 1 aliphatic rings. The summed E-state index contributed by atoms with van der Waals surface area (Å²) in [5.41, 5.74) is 0. The summed E-state index contributed by atoms with van der Waals surface area (Å²) in [6.45, 7) is 3.96. The summed E-state index contributed by atoms with van der Waals surface area (Å²) >= 11 is 0. The summed E-state index contributed by atoms with van der Waals surface area (Å²) in [5, 5.41) is 3.43. The molecule has 0 saturated carbocycles. The Labute approximate surface area is 108 Å². The molecule has 1 saturated heterocycles. The molecule has 0 spiro atoms. The fourth-order valence-electron chi connectivity index (χ4n) is 2.36. The van der Waals surface area contributed by atoms with Crippen LogP contribution in [0.25, 0.3) is 0 Å². The van der Waals surface area contributed by atoms with Crippen molar-refractivity contribution in [1.82, 2.24) is 9.62 Å². The van der Waals surface area contributed by atoms with Crippen LogP contribution in [-0.2, 0) is 16.6 Å². The van der Waals surface area contributed by atoms with Gasteiger partial charge in [0.1, 0.15) is 5.76 Å². The van der Waals surface area contributed by atoms with E-state index in [1.807, 2.05) is 12.1 Å². The zero-order valence-electron chi connectivity index (χ0n) is 10.8. The van der Waals surface area contributed by atoms with Crippen molar-refractivity contribution in [3.8, 4) is 0 Å². The third-order valence-electron chi connectivity index (χ3n) is 3.46. The molecule has 5 nitrogen and oxygen atoms in total. The normalized spacial score (nSPS) is 26.3. The number of hydrogen-bond acceptors (Lipinski definition) is 4. The van der Waals surface area contributed by atoms with Crippen molar-refractivity contribution < 1.29 is 12.8 Å². The van der Waals surface area contributed by atoms with Gasteiger partial charge in [-0.3, -0.25) is 0 Å². The maximum absolute atomic E-state index is 11.5. The fraction of sp³-hybridized carbons (Fsp3) is 0.667. The van der Waals surface area contributed by atoms with E-state index in [1.54, 1.807) is 10.6 Å². The third kappa shape index (κ3) is 3.34. The van der Waals surface area contributed by atoms with Gasteiger partial charge in [-0.05, 0) is 24.5 Å². The number of hydrogen-bond donors (Lipinski definition) is 1. The molecule has 6 heteroatoms. The predicted octanol–water partition coefficient (Wildman–Crippen LogP) is 1.04. The maximum Gasteiger partial charge on any atom is 0.211 e. The van der Waals surface area contributed by atoms with Crippen LogP contribution in [0, 0.1) is 5.92 Å². The molecule has 0 amide bonds. The average Bonchev–Trinajstić information content (AvgIpc) is 2.79. The highest BCUT2D eigenvalue weighted by Crippen LogP contribution is 2.19. The number of rotatable bonds is 4. The highest BCUT2D eigenvalue weighted by Gasteiger charge is 2.30. The zero-order chi connectivity index (χ0) is 13.2. The minimum Gasteiger partial charge on any atom is -0.468 e. The maximum atomic E-state index is 11.5. The molecule has 0 radical (unpaired) electrons. The SMILES string of the molecule is C[C@H]1CN(S(C)(=O)=O)CC[C@@H]1NCc1ccco1. The number of nitrogens with zero attached hydrogens (tertiary/aromatic N) is 1. The Bertz CT molecular complexity index is 470. The second-order valence-corrected chi connectivity index (χ2v) is 6.94. The van der Waals surface area contributed by atoms with Crippen molar-refractivity contribution in [2.45, 2.75) is 25.9 Å². The third-order valence-corrected chi connectivity index (χ3v) is 4.73. The molecule has 0 aliphatic carbocycles. The van der Waals surface area contributed by atoms with Gasteiger partial charge in [0.2, 0.25) is 10.0 Å². The van der Waals surface area contributed by atoms with E-state index in [9.17, 15) is 8.42 Å². The van der Waals surface area contributed by atoms with Gasteiger partial charge in [0.05, 0.1) is 19.1 Å². The standard InChI is InChI=1S/C12H20N2O3S/c1-10-9-14(18(2,15)16)6-5-12(10)13-8-11-4-3-7-17-11/h3-4,7,10,12-13H,5-6,8-9H2,1-2H3/t10-,12-/m0/s1. The Morgan fingerprint density at radius 3 is 2.89 bits per heavy atom. The largest absolute Gasteiger partial charge is 0.468 e. The minimum absolute atomic E-state index is 0.309. The lowest BCUT2D eigenvalue weighted by Crippen LogP contribution is -2.49. The van der Waals surface area contributed by atoms with E-state index in [1.165, 1.54) is 6.26 Å². The molecule has 102 valence electrons. The van der Waals surface area contributed by atoms with E-state index >= 15 is 0 Å². The molecule has 1 fully saturated rings. The number of furan rings is 1. The Hall–Kier alpha value is -0.850. The van der Waals surface area contributed by atoms with Gasteiger partial charge in [0.15, 0.2) is 0 Å². The summed E-state index contributed by atoms with van der Waals surface area (Å²) in [6, 6.07) is 4.14. The zero-order valence-corrected chi connectivity index (χ0v) is 11.6. The summed E-state index contributed by atoms with van der Waals surface area (Å²) in [7, 11) is -3.05. The molecule has 1 aliphatic heterocycles. The Morgan fingerprint density at radius 2 is 2.33 bits per heavy atom. The Balaban J connectivity index is 1.86. The lowest BCUT2D eigenvalue weighted by atomic mass is 9.95. The summed E-state index contributed by atoms with van der Waals surface area (Å²) in [4.78, 5) is 0. The molecular formula is C12H20N2O3S. The van der Waals surface area contributed by atoms with Gasteiger partial charge < -0.3 is 9.73 Å². The molecular weight excluding hydrogens is 252 g/mol. The van der Waals surface area contributed by atoms with Gasteiger partial charge >= 0.3 is 0 Å². The molecule has 2 rings (SSSR count). The quantitative estimate of drug-likeness (QED) is 0.889. The van der Waals surface area contributed by atoms with Crippen molar-refractivity contribution in [2.75, 3.05) is 19.3 Å². The van der Waals surface area contributed by atoms with Crippen molar-refractivity contribution in [1.29, 1.82) is 0 Å². The van der Waals surface area contributed by atoms with Crippen LogP contribution < -0.4 is 5.32 Å². The molecule has 2 heterocycles. The molecule has 0 unspecified atom stereocenters. The van der Waals surface area contributed by atoms with Crippen LogP contribution in [0.5, 0.6) is 0 Å². The molecule has 1 N–H and O–H groups in total. The van der Waals surface area contributed by atoms with E-state index in [-0.39, 0.29) is 0 Å². The lowest BCUT2D eigenvalue weighted by molar-refractivity contribution is 0.217. The fourth-order valence-corrected chi connectivity index (χ4v) is 3.30. The summed E-state index contributed by atoms with van der Waals surface area (Å²) < 4.78 is 29.8. The van der Waals surface area contributed by atoms with Gasteiger partial charge in [-0.25, -0.2) is 12.7 Å². The van der Waals surface area contributed by atoms with Crippen molar-refractivity contribution in [3.05, 3.63) is 24.2 Å². The average molecular weight is 272 g/mol. The monoisotopic (exact) mass is 272 g/mol. The molecule has 0 aromatic carbocycles. The first-order valence-corrected chi connectivity index (χ1v) is 8.02. The molecule has 2 atom stereocenters. The van der Waals surface area contributed by atoms with Crippen LogP contribution in [0.4, 0.5) is 0 Å². The number of nitrogens with one attached hydrogen (secondary N) is 1. The first-order valence-electron chi connectivity index (χ1n) is 6.17. The number of piperidine rings is 1. The highest BCUT2D eigenvalue weighted by molar-refractivity contribution is 7.88. The molecule has 1 aromatic heterocycles. The summed E-state index contributed by atoms with van der Waals surface area (Å²) in [6.07, 6.45) is 3.78.